The fraction of sp³-hybridized carbons (Fsp3) is 0.400. The van der Waals surface area contributed by atoms with Gasteiger partial charge in [-0.15, -0.1) is 0 Å². The molecular weight excluding hydrogens is 492 g/mol. The van der Waals surface area contributed by atoms with Gasteiger partial charge in [0.2, 0.25) is 11.9 Å². The van der Waals surface area contributed by atoms with E-state index in [1.807, 2.05) is 44.2 Å². The van der Waals surface area contributed by atoms with Crippen LogP contribution in [0.3, 0.4) is 0 Å². The molecule has 0 saturated heterocycles. The van der Waals surface area contributed by atoms with Gasteiger partial charge in [0, 0.05) is 31.7 Å². The normalized spacial score (nSPS) is 17.0. The minimum Gasteiger partial charge on any atom is -0.495 e. The average Bonchev–Trinajstić information content (AvgIpc) is 3.47. The molecule has 1 fully saturated rings. The van der Waals surface area contributed by atoms with Crippen LogP contribution in [-0.2, 0) is 11.3 Å². The summed E-state index contributed by atoms with van der Waals surface area (Å²) in [5.74, 6) is 1.53. The lowest BCUT2D eigenvalue weighted by molar-refractivity contribution is -0.125. The molecule has 2 aromatic carbocycles. The Kier molecular flexibility index (Phi) is 7.41. The van der Waals surface area contributed by atoms with Gasteiger partial charge < -0.3 is 25.2 Å². The number of aromatic nitrogens is 2. The lowest BCUT2D eigenvalue weighted by atomic mass is 9.91. The van der Waals surface area contributed by atoms with E-state index >= 15 is 0 Å². The SMILES string of the molecule is COc1cc(C(=O)NCc2ccccc2)ccc1Nc1ncc2c(n1)N(C1CCCC1)CC(C)(C)C(=O)N2C. The number of amides is 2. The summed E-state index contributed by atoms with van der Waals surface area (Å²) < 4.78 is 5.60. The largest absolute Gasteiger partial charge is 0.495 e. The van der Waals surface area contributed by atoms with Gasteiger partial charge in [0.05, 0.1) is 24.4 Å². The van der Waals surface area contributed by atoms with Crippen molar-refractivity contribution in [3.8, 4) is 5.75 Å². The molecule has 1 aliphatic carbocycles. The van der Waals surface area contributed by atoms with E-state index in [1.165, 1.54) is 12.8 Å². The summed E-state index contributed by atoms with van der Waals surface area (Å²) in [6.45, 7) is 5.03. The van der Waals surface area contributed by atoms with Crippen molar-refractivity contribution >= 4 is 35.0 Å². The van der Waals surface area contributed by atoms with Crippen LogP contribution in [0.4, 0.5) is 23.1 Å². The van der Waals surface area contributed by atoms with E-state index in [0.717, 1.165) is 24.2 Å². The number of anilines is 4. The zero-order chi connectivity index (χ0) is 27.6. The van der Waals surface area contributed by atoms with Crippen molar-refractivity contribution in [2.75, 3.05) is 35.8 Å². The van der Waals surface area contributed by atoms with E-state index in [2.05, 4.69) is 20.5 Å². The van der Waals surface area contributed by atoms with Crippen LogP contribution in [0.25, 0.3) is 0 Å². The van der Waals surface area contributed by atoms with Crippen LogP contribution in [0.2, 0.25) is 0 Å². The van der Waals surface area contributed by atoms with Crippen LogP contribution in [0.5, 0.6) is 5.75 Å². The number of ether oxygens (including phenoxy) is 1. The van der Waals surface area contributed by atoms with Gasteiger partial charge in [-0.25, -0.2) is 4.98 Å². The summed E-state index contributed by atoms with van der Waals surface area (Å²) in [6, 6.07) is 15.3. The highest BCUT2D eigenvalue weighted by Crippen LogP contribution is 2.40. The summed E-state index contributed by atoms with van der Waals surface area (Å²) in [4.78, 5) is 39.4. The Morgan fingerprint density at radius 2 is 1.87 bits per heavy atom. The number of fused-ring (bicyclic) bond motifs is 1. The van der Waals surface area contributed by atoms with E-state index in [1.54, 1.807) is 43.5 Å². The van der Waals surface area contributed by atoms with Gasteiger partial charge in [-0.05, 0) is 50.5 Å². The molecule has 2 aliphatic rings. The smallest absolute Gasteiger partial charge is 0.251 e. The number of carbonyl (C=O) groups excluding carboxylic acids is 2. The number of hydrogen-bond donors (Lipinski definition) is 2. The van der Waals surface area contributed by atoms with Gasteiger partial charge in [0.15, 0.2) is 5.82 Å². The molecule has 5 rings (SSSR count). The van der Waals surface area contributed by atoms with Crippen molar-refractivity contribution in [2.45, 2.75) is 52.1 Å². The Morgan fingerprint density at radius 3 is 2.59 bits per heavy atom. The molecule has 39 heavy (non-hydrogen) atoms. The molecule has 3 aromatic rings. The van der Waals surface area contributed by atoms with Crippen LogP contribution in [0.1, 0.15) is 55.5 Å². The predicted octanol–water partition coefficient (Wildman–Crippen LogP) is 4.91. The van der Waals surface area contributed by atoms with Gasteiger partial charge in [-0.2, -0.15) is 4.98 Å². The highest BCUT2D eigenvalue weighted by Gasteiger charge is 2.41. The van der Waals surface area contributed by atoms with Crippen molar-refractivity contribution in [1.29, 1.82) is 0 Å². The maximum atomic E-state index is 13.2. The number of carbonyl (C=O) groups is 2. The molecule has 9 heteroatoms. The van der Waals surface area contributed by atoms with E-state index in [-0.39, 0.29) is 11.8 Å². The van der Waals surface area contributed by atoms with E-state index in [9.17, 15) is 9.59 Å². The second kappa shape index (κ2) is 10.9. The highest BCUT2D eigenvalue weighted by molar-refractivity contribution is 6.01. The predicted molar refractivity (Wildman–Crippen MR) is 153 cm³/mol. The van der Waals surface area contributed by atoms with Gasteiger partial charge in [-0.3, -0.25) is 9.59 Å². The first-order chi connectivity index (χ1) is 18.8. The van der Waals surface area contributed by atoms with Gasteiger partial charge in [-0.1, -0.05) is 43.2 Å². The maximum Gasteiger partial charge on any atom is 0.251 e. The van der Waals surface area contributed by atoms with Crippen LogP contribution in [-0.4, -0.2) is 48.5 Å². The van der Waals surface area contributed by atoms with Crippen LogP contribution < -0.4 is 25.2 Å². The van der Waals surface area contributed by atoms with Crippen molar-refractivity contribution in [3.63, 3.8) is 0 Å². The number of benzene rings is 2. The molecule has 0 atom stereocenters. The standard InChI is InChI=1S/C30H36N6O3/c1-30(2)19-36(22-12-8-9-13-22)26-24(35(3)28(30)38)18-32-29(34-26)33-23-15-14-21(16-25(23)39-4)27(37)31-17-20-10-6-5-7-11-20/h5-7,10-11,14-16,18,22H,8-9,12-13,17,19H2,1-4H3,(H,31,37)(H,32,33,34). The van der Waals surface area contributed by atoms with Gasteiger partial charge in [0.25, 0.3) is 5.91 Å². The third kappa shape index (κ3) is 5.53. The Morgan fingerprint density at radius 1 is 1.13 bits per heavy atom. The van der Waals surface area contributed by atoms with Crippen molar-refractivity contribution in [1.82, 2.24) is 15.3 Å². The Labute approximate surface area is 229 Å². The summed E-state index contributed by atoms with van der Waals surface area (Å²) in [5.41, 5.74) is 2.32. The number of rotatable bonds is 7. The molecule has 0 bridgehead atoms. The van der Waals surface area contributed by atoms with Crippen LogP contribution in [0, 0.1) is 5.41 Å². The quantitative estimate of drug-likeness (QED) is 0.449. The van der Waals surface area contributed by atoms with Crippen molar-refractivity contribution in [3.05, 3.63) is 65.9 Å². The topological polar surface area (TPSA) is 99.7 Å². The third-order valence-corrected chi connectivity index (χ3v) is 7.60. The first kappa shape index (κ1) is 26.5. The van der Waals surface area contributed by atoms with Gasteiger partial charge >= 0.3 is 0 Å². The molecular formula is C30H36N6O3. The molecule has 2 heterocycles. The molecule has 1 aliphatic heterocycles. The van der Waals surface area contributed by atoms with Gasteiger partial charge in [0.1, 0.15) is 11.4 Å². The summed E-state index contributed by atoms with van der Waals surface area (Å²) >= 11 is 0. The Bertz CT molecular complexity index is 1350. The zero-order valence-corrected chi connectivity index (χ0v) is 23.0. The van der Waals surface area contributed by atoms with E-state index in [0.29, 0.717) is 47.8 Å². The molecule has 0 unspecified atom stereocenters. The van der Waals surface area contributed by atoms with Crippen LogP contribution in [0.15, 0.2) is 54.7 Å². The average molecular weight is 529 g/mol. The van der Waals surface area contributed by atoms with Crippen LogP contribution >= 0.6 is 0 Å². The summed E-state index contributed by atoms with van der Waals surface area (Å²) in [6.07, 6.45) is 6.24. The second-order valence-electron chi connectivity index (χ2n) is 10.9. The second-order valence-corrected chi connectivity index (χ2v) is 10.9. The molecule has 9 nitrogen and oxygen atoms in total. The lowest BCUT2D eigenvalue weighted by Crippen LogP contribution is -2.45. The first-order valence-electron chi connectivity index (χ1n) is 13.5. The number of nitrogens with zero attached hydrogens (tertiary/aromatic N) is 4. The molecule has 0 radical (unpaired) electrons. The summed E-state index contributed by atoms with van der Waals surface area (Å²) in [5, 5.41) is 6.21. The maximum absolute atomic E-state index is 13.2. The highest BCUT2D eigenvalue weighted by atomic mass is 16.5. The number of nitrogens with one attached hydrogen (secondary N) is 2. The fourth-order valence-electron chi connectivity index (χ4n) is 5.46. The van der Waals surface area contributed by atoms with Crippen molar-refractivity contribution in [2.24, 2.45) is 5.41 Å². The molecule has 204 valence electrons. The Balaban J connectivity index is 1.40. The summed E-state index contributed by atoms with van der Waals surface area (Å²) in [7, 11) is 3.36. The molecule has 0 spiro atoms. The molecule has 1 saturated carbocycles. The monoisotopic (exact) mass is 528 g/mol. The Hall–Kier alpha value is -4.14. The third-order valence-electron chi connectivity index (χ3n) is 7.60. The van der Waals surface area contributed by atoms with E-state index < -0.39 is 5.41 Å². The molecule has 1 aromatic heterocycles. The minimum atomic E-state index is -0.550. The number of methoxy groups -OCH3 is 1. The number of hydrogen-bond acceptors (Lipinski definition) is 7. The minimum absolute atomic E-state index is 0.0522. The van der Waals surface area contributed by atoms with Crippen molar-refractivity contribution < 1.29 is 14.3 Å². The fourth-order valence-corrected chi connectivity index (χ4v) is 5.46. The zero-order valence-electron chi connectivity index (χ0n) is 23.0. The lowest BCUT2D eigenvalue weighted by Gasteiger charge is -2.34. The first-order valence-corrected chi connectivity index (χ1v) is 13.5. The van der Waals surface area contributed by atoms with E-state index in [4.69, 9.17) is 9.72 Å². The molecule has 2 amide bonds. The molecule has 2 N–H and O–H groups in total.